The molecule has 1 atom stereocenters. The number of carbonyl (C=O) groups excluding carboxylic acids is 1. The van der Waals surface area contributed by atoms with Crippen molar-refractivity contribution in [2.75, 3.05) is 13.6 Å². The number of amides is 1. The number of nitrogens with zero attached hydrogens (tertiary/aromatic N) is 1. The smallest absolute Gasteiger partial charge is 0.252 e. The van der Waals surface area contributed by atoms with Gasteiger partial charge in [-0.25, -0.2) is 0 Å². The zero-order chi connectivity index (χ0) is 11.3. The molecule has 4 heteroatoms. The highest BCUT2D eigenvalue weighted by Gasteiger charge is 2.06. The van der Waals surface area contributed by atoms with Crippen LogP contribution >= 0.6 is 0 Å². The first-order valence-electron chi connectivity index (χ1n) is 5.00. The number of aromatic nitrogens is 1. The lowest BCUT2D eigenvalue weighted by molar-refractivity contribution is 0.0950. The number of nitrogens with one attached hydrogen (secondary N) is 2. The van der Waals surface area contributed by atoms with E-state index in [0.717, 1.165) is 5.56 Å². The number of rotatable bonds is 4. The monoisotopic (exact) mass is 207 g/mol. The fraction of sp³-hybridized carbons (Fsp3) is 0.455. The third kappa shape index (κ3) is 3.67. The summed E-state index contributed by atoms with van der Waals surface area (Å²) in [6, 6.07) is 2.10. The van der Waals surface area contributed by atoms with Crippen molar-refractivity contribution in [3.63, 3.8) is 0 Å². The van der Waals surface area contributed by atoms with Crippen LogP contribution in [-0.4, -0.2) is 30.5 Å². The van der Waals surface area contributed by atoms with Crippen molar-refractivity contribution >= 4 is 5.91 Å². The van der Waals surface area contributed by atoms with Gasteiger partial charge in [0.25, 0.3) is 5.91 Å². The van der Waals surface area contributed by atoms with Crippen molar-refractivity contribution in [1.29, 1.82) is 0 Å². The van der Waals surface area contributed by atoms with Crippen molar-refractivity contribution in [2.24, 2.45) is 0 Å². The van der Waals surface area contributed by atoms with Crippen LogP contribution in [0.4, 0.5) is 0 Å². The topological polar surface area (TPSA) is 54.0 Å². The molecule has 0 bridgehead atoms. The van der Waals surface area contributed by atoms with Gasteiger partial charge in [-0.3, -0.25) is 9.78 Å². The average Bonchev–Trinajstić information content (AvgIpc) is 2.25. The van der Waals surface area contributed by atoms with Crippen LogP contribution in [0, 0.1) is 6.92 Å². The van der Waals surface area contributed by atoms with Gasteiger partial charge in [0.1, 0.15) is 0 Å². The fourth-order valence-electron chi connectivity index (χ4n) is 1.13. The molecular formula is C11H17N3O. The van der Waals surface area contributed by atoms with Crippen LogP contribution in [-0.2, 0) is 0 Å². The number of likely N-dealkylation sites (N-methyl/N-ethyl adjacent to an activating group) is 1. The molecule has 0 aliphatic rings. The first kappa shape index (κ1) is 11.7. The van der Waals surface area contributed by atoms with Crippen molar-refractivity contribution in [1.82, 2.24) is 15.6 Å². The molecule has 82 valence electrons. The summed E-state index contributed by atoms with van der Waals surface area (Å²) in [6.07, 6.45) is 3.30. The molecule has 0 aliphatic carbocycles. The Morgan fingerprint density at radius 1 is 1.53 bits per heavy atom. The Morgan fingerprint density at radius 2 is 2.27 bits per heavy atom. The Balaban J connectivity index is 2.54. The molecule has 1 aromatic rings. The van der Waals surface area contributed by atoms with Crippen LogP contribution in [0.5, 0.6) is 0 Å². The molecule has 0 fully saturated rings. The molecule has 1 heterocycles. The summed E-state index contributed by atoms with van der Waals surface area (Å²) in [5.41, 5.74) is 1.60. The van der Waals surface area contributed by atoms with Gasteiger partial charge in [-0.2, -0.15) is 0 Å². The average molecular weight is 207 g/mol. The van der Waals surface area contributed by atoms with Crippen molar-refractivity contribution in [2.45, 2.75) is 19.9 Å². The Kier molecular flexibility index (Phi) is 4.24. The van der Waals surface area contributed by atoms with Gasteiger partial charge < -0.3 is 10.6 Å². The van der Waals surface area contributed by atoms with Gasteiger partial charge >= 0.3 is 0 Å². The number of hydrogen-bond acceptors (Lipinski definition) is 3. The largest absolute Gasteiger partial charge is 0.350 e. The molecule has 1 amide bonds. The minimum Gasteiger partial charge on any atom is -0.350 e. The summed E-state index contributed by atoms with van der Waals surface area (Å²) in [4.78, 5) is 15.6. The number of carbonyl (C=O) groups is 1. The van der Waals surface area contributed by atoms with Gasteiger partial charge in [-0.05, 0) is 32.5 Å². The lowest BCUT2D eigenvalue weighted by atomic mass is 10.2. The predicted molar refractivity (Wildman–Crippen MR) is 59.8 cm³/mol. The van der Waals surface area contributed by atoms with Crippen molar-refractivity contribution < 1.29 is 4.79 Å². The molecule has 0 spiro atoms. The van der Waals surface area contributed by atoms with E-state index in [1.54, 1.807) is 12.4 Å². The molecule has 0 saturated carbocycles. The lowest BCUT2D eigenvalue weighted by Crippen LogP contribution is -2.37. The van der Waals surface area contributed by atoms with E-state index in [1.807, 2.05) is 27.0 Å². The molecule has 0 saturated heterocycles. The molecule has 0 aromatic carbocycles. The highest BCUT2D eigenvalue weighted by molar-refractivity contribution is 5.93. The normalized spacial score (nSPS) is 12.2. The van der Waals surface area contributed by atoms with Crippen molar-refractivity contribution in [3.05, 3.63) is 29.6 Å². The van der Waals surface area contributed by atoms with E-state index in [1.165, 1.54) is 0 Å². The summed E-state index contributed by atoms with van der Waals surface area (Å²) in [5, 5.41) is 5.89. The Bertz CT molecular complexity index is 338. The van der Waals surface area contributed by atoms with E-state index in [0.29, 0.717) is 12.1 Å². The molecule has 2 N–H and O–H groups in total. The summed E-state index contributed by atoms with van der Waals surface area (Å²) in [5.74, 6) is -0.0756. The summed E-state index contributed by atoms with van der Waals surface area (Å²) < 4.78 is 0. The fourth-order valence-corrected chi connectivity index (χ4v) is 1.13. The van der Waals surface area contributed by atoms with Crippen LogP contribution in [0.3, 0.4) is 0 Å². The molecular weight excluding hydrogens is 190 g/mol. The van der Waals surface area contributed by atoms with Gasteiger partial charge in [-0.1, -0.05) is 0 Å². The first-order chi connectivity index (χ1) is 7.13. The molecule has 0 radical (unpaired) electrons. The second-order valence-electron chi connectivity index (χ2n) is 3.65. The van der Waals surface area contributed by atoms with Crippen LogP contribution in [0.1, 0.15) is 22.8 Å². The SMILES string of the molecule is CNC(C)CNC(=O)c1cncc(C)c1. The van der Waals surface area contributed by atoms with Crippen LogP contribution in [0.15, 0.2) is 18.5 Å². The zero-order valence-electron chi connectivity index (χ0n) is 9.37. The van der Waals surface area contributed by atoms with Crippen LogP contribution in [0.25, 0.3) is 0 Å². The second kappa shape index (κ2) is 5.46. The Morgan fingerprint density at radius 3 is 2.87 bits per heavy atom. The minimum absolute atomic E-state index is 0.0756. The maximum absolute atomic E-state index is 11.6. The number of hydrogen-bond donors (Lipinski definition) is 2. The molecule has 1 unspecified atom stereocenters. The van der Waals surface area contributed by atoms with Crippen molar-refractivity contribution in [3.8, 4) is 0 Å². The molecule has 1 rings (SSSR count). The predicted octanol–water partition coefficient (Wildman–Crippen LogP) is 0.728. The summed E-state index contributed by atoms with van der Waals surface area (Å²) >= 11 is 0. The highest BCUT2D eigenvalue weighted by Crippen LogP contribution is 2.00. The quantitative estimate of drug-likeness (QED) is 0.765. The van der Waals surface area contributed by atoms with Gasteiger partial charge in [-0.15, -0.1) is 0 Å². The van der Waals surface area contributed by atoms with Gasteiger partial charge in [0.15, 0.2) is 0 Å². The van der Waals surface area contributed by atoms with Gasteiger partial charge in [0, 0.05) is 25.0 Å². The third-order valence-electron chi connectivity index (χ3n) is 2.20. The Hall–Kier alpha value is -1.42. The number of aryl methyl sites for hydroxylation is 1. The third-order valence-corrected chi connectivity index (χ3v) is 2.20. The van der Waals surface area contributed by atoms with Crippen LogP contribution in [0.2, 0.25) is 0 Å². The maximum atomic E-state index is 11.6. The van der Waals surface area contributed by atoms with E-state index in [-0.39, 0.29) is 11.9 Å². The molecule has 4 nitrogen and oxygen atoms in total. The standard InChI is InChI=1S/C11H17N3O/c1-8-4-10(7-13-5-8)11(15)14-6-9(2)12-3/h4-5,7,9,12H,6H2,1-3H3,(H,14,15). The van der Waals surface area contributed by atoms with Gasteiger partial charge in [0.05, 0.1) is 5.56 Å². The first-order valence-corrected chi connectivity index (χ1v) is 5.00. The molecule has 0 aliphatic heterocycles. The second-order valence-corrected chi connectivity index (χ2v) is 3.65. The van der Waals surface area contributed by atoms with Crippen LogP contribution < -0.4 is 10.6 Å². The minimum atomic E-state index is -0.0756. The van der Waals surface area contributed by atoms with E-state index in [9.17, 15) is 4.79 Å². The highest BCUT2D eigenvalue weighted by atomic mass is 16.1. The van der Waals surface area contributed by atoms with E-state index >= 15 is 0 Å². The van der Waals surface area contributed by atoms with Gasteiger partial charge in [0.2, 0.25) is 0 Å². The molecule has 1 aromatic heterocycles. The van der Waals surface area contributed by atoms with E-state index in [2.05, 4.69) is 15.6 Å². The number of pyridine rings is 1. The van der Waals surface area contributed by atoms with E-state index in [4.69, 9.17) is 0 Å². The van der Waals surface area contributed by atoms with E-state index < -0.39 is 0 Å². The maximum Gasteiger partial charge on any atom is 0.252 e. The summed E-state index contributed by atoms with van der Waals surface area (Å²) in [7, 11) is 1.87. The lowest BCUT2D eigenvalue weighted by Gasteiger charge is -2.11. The molecule has 15 heavy (non-hydrogen) atoms. The Labute approximate surface area is 90.1 Å². The summed E-state index contributed by atoms with van der Waals surface area (Å²) in [6.45, 7) is 4.54. The zero-order valence-corrected chi connectivity index (χ0v) is 9.37.